The number of nitrogens with zero attached hydrogens (tertiary/aromatic N) is 4. The molecule has 3 heterocycles. The first kappa shape index (κ1) is 20.6. The number of amides is 2. The van der Waals surface area contributed by atoms with Gasteiger partial charge >= 0.3 is 6.03 Å². The van der Waals surface area contributed by atoms with Crippen LogP contribution in [0.5, 0.6) is 0 Å². The number of nitrogens with one attached hydrogen (secondary N) is 2. The Kier molecular flexibility index (Phi) is 4.92. The number of anilines is 2. The molecule has 0 bridgehead atoms. The molecule has 1 aromatic carbocycles. The minimum Gasteiger partial charge on any atom is -0.342 e. The summed E-state index contributed by atoms with van der Waals surface area (Å²) >= 11 is 6.14. The Morgan fingerprint density at radius 1 is 1.25 bits per heavy atom. The largest absolute Gasteiger partial charge is 0.342 e. The number of fused-ring (bicyclic) bond motifs is 1. The summed E-state index contributed by atoms with van der Waals surface area (Å²) in [6, 6.07) is 2.69. The van der Waals surface area contributed by atoms with Crippen molar-refractivity contribution in [2.75, 3.05) is 16.8 Å². The molecule has 2 aliphatic rings. The van der Waals surface area contributed by atoms with Crippen molar-refractivity contribution in [3.8, 4) is 0 Å². The van der Waals surface area contributed by atoms with E-state index in [-0.39, 0.29) is 47.2 Å². The molecule has 2 amide bonds. The van der Waals surface area contributed by atoms with Crippen LogP contribution in [0.2, 0.25) is 5.15 Å². The van der Waals surface area contributed by atoms with Crippen LogP contribution < -0.4 is 15.5 Å². The summed E-state index contributed by atoms with van der Waals surface area (Å²) in [5.41, 5.74) is 0.321. The number of carbonyl (C=O) groups is 2. The standard InChI is InChI=1S/C20H16ClF3N6O2/c21-18-17(27-20(32)25-14-7-13(14)24)19-26-16(3-4-30(19)28-18)29-8-10(31)6-15(29)11-5-9(22)1-2-12(11)23/h1-5,13-15H,6-8H2,(H2,25,27,32)/t13-,14+,15-/m1/s1. The molecule has 32 heavy (non-hydrogen) atoms. The first-order chi connectivity index (χ1) is 15.3. The molecule has 3 aromatic rings. The molecule has 0 spiro atoms. The maximum absolute atomic E-state index is 14.4. The van der Waals surface area contributed by atoms with Gasteiger partial charge in [0.1, 0.15) is 29.3 Å². The third kappa shape index (κ3) is 3.72. The van der Waals surface area contributed by atoms with Gasteiger partial charge in [0.2, 0.25) is 0 Å². The number of hydrogen-bond acceptors (Lipinski definition) is 5. The first-order valence-corrected chi connectivity index (χ1v) is 10.2. The zero-order chi connectivity index (χ0) is 22.6. The maximum Gasteiger partial charge on any atom is 0.319 e. The van der Waals surface area contributed by atoms with E-state index in [1.165, 1.54) is 10.7 Å². The van der Waals surface area contributed by atoms with E-state index in [2.05, 4.69) is 20.7 Å². The van der Waals surface area contributed by atoms with Gasteiger partial charge in [0.05, 0.1) is 18.6 Å². The van der Waals surface area contributed by atoms with Gasteiger partial charge in [0, 0.05) is 24.6 Å². The van der Waals surface area contributed by atoms with E-state index in [9.17, 15) is 22.8 Å². The summed E-state index contributed by atoms with van der Waals surface area (Å²) in [4.78, 5) is 30.4. The van der Waals surface area contributed by atoms with Crippen LogP contribution in [-0.4, -0.2) is 45.2 Å². The Bertz CT molecular complexity index is 1250. The predicted octanol–water partition coefficient (Wildman–Crippen LogP) is 3.41. The molecular formula is C20H16ClF3N6O2. The lowest BCUT2D eigenvalue weighted by molar-refractivity contribution is -0.116. The Morgan fingerprint density at radius 2 is 2.03 bits per heavy atom. The number of alkyl halides is 1. The molecule has 2 aromatic heterocycles. The van der Waals surface area contributed by atoms with Gasteiger partial charge in [0.25, 0.3) is 0 Å². The number of urea groups is 1. The van der Waals surface area contributed by atoms with Crippen molar-refractivity contribution >= 4 is 40.6 Å². The summed E-state index contributed by atoms with van der Waals surface area (Å²) in [5, 5.41) is 9.02. The Hall–Kier alpha value is -3.34. The average molecular weight is 465 g/mol. The van der Waals surface area contributed by atoms with Gasteiger partial charge in [-0.15, -0.1) is 0 Å². The minimum absolute atomic E-state index is 0.00739. The fourth-order valence-electron chi connectivity index (χ4n) is 3.77. The molecule has 0 radical (unpaired) electrons. The van der Waals surface area contributed by atoms with Gasteiger partial charge in [-0.1, -0.05) is 11.6 Å². The molecule has 2 fully saturated rings. The highest BCUT2D eigenvalue weighted by molar-refractivity contribution is 6.33. The molecule has 2 N–H and O–H groups in total. The second kappa shape index (κ2) is 7.66. The van der Waals surface area contributed by atoms with Gasteiger partial charge in [-0.2, -0.15) is 5.10 Å². The molecule has 1 aliphatic heterocycles. The van der Waals surface area contributed by atoms with Crippen molar-refractivity contribution in [3.63, 3.8) is 0 Å². The lowest BCUT2D eigenvalue weighted by Crippen LogP contribution is -2.31. The molecule has 3 atom stereocenters. The monoisotopic (exact) mass is 464 g/mol. The molecule has 8 nitrogen and oxygen atoms in total. The van der Waals surface area contributed by atoms with Crippen molar-refractivity contribution in [2.24, 2.45) is 0 Å². The van der Waals surface area contributed by atoms with E-state index < -0.39 is 35.9 Å². The fourth-order valence-corrected chi connectivity index (χ4v) is 3.98. The number of benzene rings is 1. The lowest BCUT2D eigenvalue weighted by Gasteiger charge is -2.25. The lowest BCUT2D eigenvalue weighted by atomic mass is 10.0. The van der Waals surface area contributed by atoms with Crippen LogP contribution in [0.3, 0.4) is 0 Å². The van der Waals surface area contributed by atoms with Crippen molar-refractivity contribution < 1.29 is 22.8 Å². The van der Waals surface area contributed by atoms with E-state index in [1.54, 1.807) is 11.0 Å². The number of rotatable bonds is 4. The second-order valence-corrected chi connectivity index (χ2v) is 8.09. The van der Waals surface area contributed by atoms with Crippen molar-refractivity contribution in [1.82, 2.24) is 19.9 Å². The summed E-state index contributed by atoms with van der Waals surface area (Å²) in [7, 11) is 0. The predicted molar refractivity (Wildman–Crippen MR) is 110 cm³/mol. The average Bonchev–Trinajstić information content (AvgIpc) is 3.15. The van der Waals surface area contributed by atoms with E-state index in [0.29, 0.717) is 5.82 Å². The van der Waals surface area contributed by atoms with Crippen LogP contribution in [0.25, 0.3) is 5.65 Å². The van der Waals surface area contributed by atoms with Gasteiger partial charge in [-0.05, 0) is 24.3 Å². The third-order valence-corrected chi connectivity index (χ3v) is 5.72. The molecule has 166 valence electrons. The van der Waals surface area contributed by atoms with Crippen LogP contribution in [0.15, 0.2) is 30.5 Å². The van der Waals surface area contributed by atoms with Crippen molar-refractivity contribution in [2.45, 2.75) is 31.1 Å². The van der Waals surface area contributed by atoms with E-state index >= 15 is 0 Å². The maximum atomic E-state index is 14.4. The van der Waals surface area contributed by atoms with Gasteiger partial charge in [0.15, 0.2) is 16.6 Å². The summed E-state index contributed by atoms with van der Waals surface area (Å²) in [5.74, 6) is -1.11. The van der Waals surface area contributed by atoms with Gasteiger partial charge < -0.3 is 15.5 Å². The SMILES string of the molecule is O=C1C[C@H](c2cc(F)ccc2F)N(c2ccn3nc(Cl)c(NC(=O)N[C@H]4C[C@H]4F)c3n2)C1. The summed E-state index contributed by atoms with van der Waals surface area (Å²) in [6.45, 7) is -0.0471. The smallest absolute Gasteiger partial charge is 0.319 e. The third-order valence-electron chi connectivity index (χ3n) is 5.45. The number of carbonyl (C=O) groups excluding carboxylic acids is 2. The Balaban J connectivity index is 1.48. The fraction of sp³-hybridized carbons (Fsp3) is 0.300. The van der Waals surface area contributed by atoms with Crippen molar-refractivity contribution in [3.05, 3.63) is 52.8 Å². The first-order valence-electron chi connectivity index (χ1n) is 9.80. The zero-order valence-corrected chi connectivity index (χ0v) is 17.1. The van der Waals surface area contributed by atoms with E-state index in [1.807, 2.05) is 0 Å². The van der Waals surface area contributed by atoms with Crippen molar-refractivity contribution in [1.29, 1.82) is 0 Å². The highest BCUT2D eigenvalue weighted by Gasteiger charge is 2.39. The van der Waals surface area contributed by atoms with Gasteiger partial charge in [-0.3, -0.25) is 4.79 Å². The summed E-state index contributed by atoms with van der Waals surface area (Å²) < 4.78 is 42.5. The number of hydrogen-bond donors (Lipinski definition) is 2. The zero-order valence-electron chi connectivity index (χ0n) is 16.4. The Morgan fingerprint density at radius 3 is 2.78 bits per heavy atom. The van der Waals surface area contributed by atoms with Gasteiger partial charge in [-0.25, -0.2) is 27.5 Å². The van der Waals surface area contributed by atoms with E-state index in [4.69, 9.17) is 11.6 Å². The highest BCUT2D eigenvalue weighted by atomic mass is 35.5. The van der Waals surface area contributed by atoms with Crippen LogP contribution in [0.1, 0.15) is 24.4 Å². The molecule has 5 rings (SSSR count). The number of ketones is 1. The number of aromatic nitrogens is 3. The highest BCUT2D eigenvalue weighted by Crippen LogP contribution is 2.36. The second-order valence-electron chi connectivity index (χ2n) is 7.73. The minimum atomic E-state index is -1.07. The number of halogens is 4. The van der Waals surface area contributed by atoms with Crippen LogP contribution in [0.4, 0.5) is 29.5 Å². The molecule has 1 aliphatic carbocycles. The molecule has 1 saturated carbocycles. The molecule has 1 saturated heterocycles. The molecular weight excluding hydrogens is 449 g/mol. The van der Waals surface area contributed by atoms with Crippen LogP contribution in [0, 0.1) is 11.6 Å². The van der Waals surface area contributed by atoms with E-state index in [0.717, 1.165) is 18.2 Å². The normalized spacial score (nSPS) is 22.4. The Labute approximate surface area is 184 Å². The van der Waals surface area contributed by atoms with Crippen LogP contribution in [-0.2, 0) is 4.79 Å². The topological polar surface area (TPSA) is 91.6 Å². The van der Waals surface area contributed by atoms with Crippen LogP contribution >= 0.6 is 11.6 Å². The molecule has 12 heteroatoms. The quantitative estimate of drug-likeness (QED) is 0.617. The summed E-state index contributed by atoms with van der Waals surface area (Å²) in [6.07, 6.45) is 0.691. The molecule has 0 unspecified atom stereocenters. The number of Topliss-reactive ketones (excluding diaryl/α,β-unsaturated/α-hetero) is 1.